The van der Waals surface area contributed by atoms with Crippen LogP contribution in [-0.2, 0) is 4.79 Å². The molecular weight excluding hydrogens is 140 g/mol. The van der Waals surface area contributed by atoms with Gasteiger partial charge in [-0.15, -0.1) is 0 Å². The summed E-state index contributed by atoms with van der Waals surface area (Å²) in [6, 6.07) is 0. The quantitative estimate of drug-likeness (QED) is 0.679. The fourth-order valence-corrected chi connectivity index (χ4v) is 2.08. The Bertz CT molecular complexity index is 172. The molecule has 0 heterocycles. The minimum Gasteiger partial charge on any atom is -0.481 e. The van der Waals surface area contributed by atoms with E-state index < -0.39 is 5.97 Å². The average Bonchev–Trinajstić information content (AvgIpc) is 2.35. The largest absolute Gasteiger partial charge is 0.481 e. The highest BCUT2D eigenvalue weighted by atomic mass is 16.4. The minimum absolute atomic E-state index is 0.0574. The predicted octanol–water partition coefficient (Wildman–Crippen LogP) is 2.14. The molecule has 64 valence electrons. The van der Waals surface area contributed by atoms with Crippen molar-refractivity contribution in [2.24, 2.45) is 17.3 Å². The number of hydrogen-bond donors (Lipinski definition) is 1. The Hall–Kier alpha value is -0.530. The van der Waals surface area contributed by atoms with Gasteiger partial charge in [-0.3, -0.25) is 4.79 Å². The molecule has 0 amide bonds. The van der Waals surface area contributed by atoms with Crippen LogP contribution in [0.15, 0.2) is 0 Å². The van der Waals surface area contributed by atoms with Crippen LogP contribution < -0.4 is 0 Å². The first-order chi connectivity index (χ1) is 5.01. The molecule has 0 aromatic carbocycles. The number of aliphatic carboxylic acids is 1. The van der Waals surface area contributed by atoms with Crippen molar-refractivity contribution in [2.75, 3.05) is 0 Å². The van der Waals surface area contributed by atoms with Crippen LogP contribution in [0.3, 0.4) is 0 Å². The van der Waals surface area contributed by atoms with E-state index >= 15 is 0 Å². The fraction of sp³-hybridized carbons (Fsp3) is 0.889. The lowest BCUT2D eigenvalue weighted by Crippen LogP contribution is -2.03. The van der Waals surface area contributed by atoms with Gasteiger partial charge >= 0.3 is 5.97 Å². The van der Waals surface area contributed by atoms with Crippen molar-refractivity contribution >= 4 is 5.97 Å². The van der Waals surface area contributed by atoms with Gasteiger partial charge in [0.15, 0.2) is 0 Å². The minimum atomic E-state index is -0.617. The van der Waals surface area contributed by atoms with Gasteiger partial charge in [0.1, 0.15) is 0 Å². The van der Waals surface area contributed by atoms with Gasteiger partial charge in [0.05, 0.1) is 5.92 Å². The first kappa shape index (κ1) is 8.57. The third kappa shape index (κ3) is 1.26. The fourth-order valence-electron chi connectivity index (χ4n) is 2.08. The third-order valence-corrected chi connectivity index (χ3v) is 2.92. The highest BCUT2D eigenvalue weighted by Crippen LogP contribution is 2.60. The van der Waals surface area contributed by atoms with Crippen molar-refractivity contribution < 1.29 is 9.90 Å². The molecule has 1 fully saturated rings. The van der Waals surface area contributed by atoms with Gasteiger partial charge in [-0.1, -0.05) is 27.2 Å². The number of carbonyl (C=O) groups is 1. The second-order valence-electron chi connectivity index (χ2n) is 4.03. The van der Waals surface area contributed by atoms with Crippen molar-refractivity contribution in [3.05, 3.63) is 0 Å². The zero-order chi connectivity index (χ0) is 8.65. The summed E-state index contributed by atoms with van der Waals surface area (Å²) in [5.74, 6) is -0.277. The van der Waals surface area contributed by atoms with E-state index in [2.05, 4.69) is 6.92 Å². The Kier molecular flexibility index (Phi) is 1.95. The maximum atomic E-state index is 10.7. The molecule has 0 radical (unpaired) electrons. The monoisotopic (exact) mass is 156 g/mol. The third-order valence-electron chi connectivity index (χ3n) is 2.92. The summed E-state index contributed by atoms with van der Waals surface area (Å²) in [4.78, 5) is 10.7. The summed E-state index contributed by atoms with van der Waals surface area (Å²) in [5, 5.41) is 8.79. The Morgan fingerprint density at radius 3 is 2.36 bits per heavy atom. The summed E-state index contributed by atoms with van der Waals surface area (Å²) in [5.41, 5.74) is 0.0574. The van der Waals surface area contributed by atoms with Gasteiger partial charge in [0, 0.05) is 0 Å². The molecule has 1 N–H and O–H groups in total. The zero-order valence-corrected chi connectivity index (χ0v) is 7.42. The van der Waals surface area contributed by atoms with Crippen LogP contribution in [0.25, 0.3) is 0 Å². The lowest BCUT2D eigenvalue weighted by atomic mass is 10.1. The molecule has 1 aliphatic rings. The molecule has 1 saturated carbocycles. The van der Waals surface area contributed by atoms with Crippen LogP contribution in [0.1, 0.15) is 33.6 Å². The van der Waals surface area contributed by atoms with Crippen molar-refractivity contribution in [2.45, 2.75) is 33.6 Å². The van der Waals surface area contributed by atoms with Gasteiger partial charge in [-0.25, -0.2) is 0 Å². The van der Waals surface area contributed by atoms with E-state index in [1.165, 1.54) is 0 Å². The topological polar surface area (TPSA) is 37.3 Å². The van der Waals surface area contributed by atoms with E-state index in [1.54, 1.807) is 0 Å². The number of carboxylic acids is 1. The molecule has 1 aliphatic carbocycles. The van der Waals surface area contributed by atoms with E-state index in [-0.39, 0.29) is 11.3 Å². The predicted molar refractivity (Wildman–Crippen MR) is 43.3 cm³/mol. The second kappa shape index (κ2) is 2.50. The molecule has 11 heavy (non-hydrogen) atoms. The van der Waals surface area contributed by atoms with E-state index in [1.807, 2.05) is 13.8 Å². The molecular formula is C9H16O2. The standard InChI is InChI=1S/C9H16O2/c1-4-5-6-7(8(10)11)9(6,2)3/h6-7H,4-5H2,1-3H3,(H,10,11)/t6-,7+/m1/s1. The van der Waals surface area contributed by atoms with Crippen LogP contribution >= 0.6 is 0 Å². The molecule has 0 aliphatic heterocycles. The number of rotatable bonds is 3. The Balaban J connectivity index is 2.53. The first-order valence-corrected chi connectivity index (χ1v) is 4.24. The normalized spacial score (nSPS) is 33.4. The summed E-state index contributed by atoms with van der Waals surface area (Å²) in [6.45, 7) is 6.20. The van der Waals surface area contributed by atoms with E-state index in [0.717, 1.165) is 12.8 Å². The molecule has 0 aromatic heterocycles. The second-order valence-corrected chi connectivity index (χ2v) is 4.03. The van der Waals surface area contributed by atoms with Gasteiger partial charge in [-0.2, -0.15) is 0 Å². The van der Waals surface area contributed by atoms with E-state index in [9.17, 15) is 4.79 Å². The lowest BCUT2D eigenvalue weighted by molar-refractivity contribution is -0.139. The SMILES string of the molecule is CCC[C@@H]1[C@@H](C(=O)O)C1(C)C. The summed E-state index contributed by atoms with van der Waals surface area (Å²) >= 11 is 0. The summed E-state index contributed by atoms with van der Waals surface area (Å²) in [6.07, 6.45) is 2.15. The van der Waals surface area contributed by atoms with Crippen LogP contribution in [-0.4, -0.2) is 11.1 Å². The molecule has 0 spiro atoms. The highest BCUT2D eigenvalue weighted by molar-refractivity contribution is 5.75. The lowest BCUT2D eigenvalue weighted by Gasteiger charge is -1.98. The summed E-state index contributed by atoms with van der Waals surface area (Å²) in [7, 11) is 0. The molecule has 0 unspecified atom stereocenters. The maximum absolute atomic E-state index is 10.7. The van der Waals surface area contributed by atoms with Crippen molar-refractivity contribution in [1.29, 1.82) is 0 Å². The van der Waals surface area contributed by atoms with Gasteiger partial charge in [0.2, 0.25) is 0 Å². The van der Waals surface area contributed by atoms with Crippen molar-refractivity contribution in [3.63, 3.8) is 0 Å². The molecule has 2 heteroatoms. The van der Waals surface area contributed by atoms with E-state index in [4.69, 9.17) is 5.11 Å². The van der Waals surface area contributed by atoms with Gasteiger partial charge in [0.25, 0.3) is 0 Å². The van der Waals surface area contributed by atoms with Gasteiger partial charge in [-0.05, 0) is 17.8 Å². The Morgan fingerprint density at radius 1 is 1.55 bits per heavy atom. The van der Waals surface area contributed by atoms with E-state index in [0.29, 0.717) is 5.92 Å². The van der Waals surface area contributed by atoms with Crippen molar-refractivity contribution in [3.8, 4) is 0 Å². The first-order valence-electron chi connectivity index (χ1n) is 4.24. The maximum Gasteiger partial charge on any atom is 0.307 e. The average molecular weight is 156 g/mol. The smallest absolute Gasteiger partial charge is 0.307 e. The van der Waals surface area contributed by atoms with Crippen LogP contribution in [0, 0.1) is 17.3 Å². The number of carboxylic acid groups (broad SMARTS) is 1. The van der Waals surface area contributed by atoms with Gasteiger partial charge < -0.3 is 5.11 Å². The van der Waals surface area contributed by atoms with Crippen LogP contribution in [0.2, 0.25) is 0 Å². The summed E-state index contributed by atoms with van der Waals surface area (Å²) < 4.78 is 0. The van der Waals surface area contributed by atoms with Crippen LogP contribution in [0.5, 0.6) is 0 Å². The molecule has 0 bridgehead atoms. The Morgan fingerprint density at radius 2 is 2.09 bits per heavy atom. The number of hydrogen-bond acceptors (Lipinski definition) is 1. The molecule has 1 rings (SSSR count). The highest BCUT2D eigenvalue weighted by Gasteiger charge is 2.60. The molecule has 2 nitrogen and oxygen atoms in total. The Labute approximate surface area is 67.6 Å². The zero-order valence-electron chi connectivity index (χ0n) is 7.42. The molecule has 2 atom stereocenters. The molecule has 0 aromatic rings. The van der Waals surface area contributed by atoms with Crippen molar-refractivity contribution in [1.82, 2.24) is 0 Å². The molecule has 0 saturated heterocycles. The van der Waals surface area contributed by atoms with Crippen LogP contribution in [0.4, 0.5) is 0 Å².